The van der Waals surface area contributed by atoms with Gasteiger partial charge in [0, 0.05) is 24.1 Å². The second-order valence-corrected chi connectivity index (χ2v) is 4.27. The highest BCUT2D eigenvalue weighted by atomic mass is 35.5. The van der Waals surface area contributed by atoms with E-state index in [2.05, 4.69) is 4.98 Å². The summed E-state index contributed by atoms with van der Waals surface area (Å²) in [4.78, 5) is 4.39. The number of anilines is 1. The molecule has 2 N–H and O–H groups in total. The number of halogens is 2. The van der Waals surface area contributed by atoms with Crippen LogP contribution in [0.5, 0.6) is 0 Å². The molecule has 2 aromatic rings. The molecule has 5 heteroatoms. The van der Waals surface area contributed by atoms with E-state index >= 15 is 0 Å². The Morgan fingerprint density at radius 1 is 1.41 bits per heavy atom. The highest BCUT2D eigenvalue weighted by Crippen LogP contribution is 2.28. The summed E-state index contributed by atoms with van der Waals surface area (Å²) in [5.41, 5.74) is 7.12. The van der Waals surface area contributed by atoms with E-state index in [0.717, 1.165) is 12.2 Å². The van der Waals surface area contributed by atoms with Crippen LogP contribution in [0.25, 0.3) is 11.3 Å². The molecule has 1 aromatic carbocycles. The summed E-state index contributed by atoms with van der Waals surface area (Å²) >= 11 is 5.82. The normalized spacial score (nSPS) is 10.8. The minimum atomic E-state index is -0.393. The topological polar surface area (TPSA) is 43.8 Å². The summed E-state index contributed by atoms with van der Waals surface area (Å²) < 4.78 is 15.1. The molecule has 3 nitrogen and oxygen atoms in total. The molecule has 0 amide bonds. The van der Waals surface area contributed by atoms with Crippen LogP contribution >= 0.6 is 11.6 Å². The number of benzene rings is 1. The van der Waals surface area contributed by atoms with Crippen molar-refractivity contribution in [2.45, 2.75) is 13.3 Å². The smallest absolute Gasteiger partial charge is 0.131 e. The van der Waals surface area contributed by atoms with Crippen molar-refractivity contribution in [2.24, 2.45) is 7.05 Å². The fraction of sp³-hybridized carbons (Fsp3) is 0.250. The number of hydrogen-bond acceptors (Lipinski definition) is 2. The molecule has 0 radical (unpaired) electrons. The van der Waals surface area contributed by atoms with Gasteiger partial charge in [-0.2, -0.15) is 0 Å². The van der Waals surface area contributed by atoms with E-state index in [9.17, 15) is 4.39 Å². The van der Waals surface area contributed by atoms with Gasteiger partial charge < -0.3 is 10.3 Å². The molecule has 0 aliphatic rings. The van der Waals surface area contributed by atoms with Gasteiger partial charge in [-0.05, 0) is 18.2 Å². The third kappa shape index (κ3) is 2.13. The third-order valence-corrected chi connectivity index (χ3v) is 2.90. The predicted octanol–water partition coefficient (Wildman–Crippen LogP) is 3.02. The van der Waals surface area contributed by atoms with Crippen molar-refractivity contribution in [1.82, 2.24) is 9.55 Å². The molecule has 1 aromatic heterocycles. The number of aromatic nitrogens is 2. The Bertz CT molecular complexity index is 543. The van der Waals surface area contributed by atoms with E-state index in [1.54, 1.807) is 10.6 Å². The van der Waals surface area contributed by atoms with Crippen LogP contribution in [0.4, 0.5) is 10.2 Å². The Morgan fingerprint density at radius 3 is 2.65 bits per heavy atom. The van der Waals surface area contributed by atoms with Crippen LogP contribution < -0.4 is 5.73 Å². The van der Waals surface area contributed by atoms with Crippen molar-refractivity contribution in [1.29, 1.82) is 0 Å². The van der Waals surface area contributed by atoms with Crippen molar-refractivity contribution in [3.8, 4) is 11.3 Å². The van der Waals surface area contributed by atoms with Crippen LogP contribution in [0.1, 0.15) is 12.7 Å². The molecule has 0 unspecified atom stereocenters. The highest BCUT2D eigenvalue weighted by molar-refractivity contribution is 6.30. The van der Waals surface area contributed by atoms with Crippen molar-refractivity contribution < 1.29 is 4.39 Å². The second kappa shape index (κ2) is 4.37. The summed E-state index contributed by atoms with van der Waals surface area (Å²) in [6, 6.07) is 4.29. The highest BCUT2D eigenvalue weighted by Gasteiger charge is 2.13. The number of rotatable bonds is 2. The molecule has 1 heterocycles. The van der Waals surface area contributed by atoms with E-state index in [0.29, 0.717) is 22.1 Å². The van der Waals surface area contributed by atoms with Crippen LogP contribution in [-0.4, -0.2) is 9.55 Å². The molecule has 0 fully saturated rings. The lowest BCUT2D eigenvalue weighted by atomic mass is 10.1. The monoisotopic (exact) mass is 253 g/mol. The van der Waals surface area contributed by atoms with E-state index in [1.807, 2.05) is 14.0 Å². The Kier molecular flexibility index (Phi) is 3.07. The zero-order valence-corrected chi connectivity index (χ0v) is 10.4. The van der Waals surface area contributed by atoms with Crippen LogP contribution in [0.15, 0.2) is 18.2 Å². The second-order valence-electron chi connectivity index (χ2n) is 3.83. The van der Waals surface area contributed by atoms with Gasteiger partial charge in [-0.15, -0.1) is 0 Å². The van der Waals surface area contributed by atoms with E-state index in [4.69, 9.17) is 17.3 Å². The lowest BCUT2D eigenvalue weighted by molar-refractivity contribution is 0.628. The molecular weight excluding hydrogens is 241 g/mol. The summed E-state index contributed by atoms with van der Waals surface area (Å²) in [7, 11) is 1.84. The first-order valence-electron chi connectivity index (χ1n) is 5.30. The number of nitrogens with zero attached hydrogens (tertiary/aromatic N) is 2. The number of nitrogen functional groups attached to an aromatic ring is 1. The molecule has 17 heavy (non-hydrogen) atoms. The maximum Gasteiger partial charge on any atom is 0.131 e. The molecule has 0 atom stereocenters. The van der Waals surface area contributed by atoms with Gasteiger partial charge in [0.15, 0.2) is 0 Å². The van der Waals surface area contributed by atoms with Gasteiger partial charge in [0.05, 0.1) is 0 Å². The summed E-state index contributed by atoms with van der Waals surface area (Å²) in [5.74, 6) is 0.983. The van der Waals surface area contributed by atoms with Gasteiger partial charge in [-0.3, -0.25) is 0 Å². The number of hydrogen-bond donors (Lipinski definition) is 1. The molecule has 0 saturated heterocycles. The minimum absolute atomic E-state index is 0.336. The van der Waals surface area contributed by atoms with Crippen LogP contribution in [0, 0.1) is 5.82 Å². The Hall–Kier alpha value is -1.55. The van der Waals surface area contributed by atoms with E-state index in [1.165, 1.54) is 12.1 Å². The first-order chi connectivity index (χ1) is 8.02. The molecule has 0 aliphatic carbocycles. The number of imidazole rings is 1. The van der Waals surface area contributed by atoms with Crippen LogP contribution in [0.2, 0.25) is 5.02 Å². The number of nitrogens with two attached hydrogens (primary N) is 1. The van der Waals surface area contributed by atoms with Crippen LogP contribution in [-0.2, 0) is 13.5 Å². The van der Waals surface area contributed by atoms with Gasteiger partial charge in [0.25, 0.3) is 0 Å². The molecule has 0 bridgehead atoms. The van der Waals surface area contributed by atoms with Crippen molar-refractivity contribution >= 4 is 17.4 Å². The lowest BCUT2D eigenvalue weighted by Gasteiger charge is -2.01. The quantitative estimate of drug-likeness (QED) is 0.894. The fourth-order valence-corrected chi connectivity index (χ4v) is 2.00. The first-order valence-corrected chi connectivity index (χ1v) is 5.68. The van der Waals surface area contributed by atoms with Crippen LogP contribution in [0.3, 0.4) is 0 Å². The first kappa shape index (κ1) is 11.9. The SMILES string of the molecule is CCc1nc(-c2cc(F)cc(Cl)c2)c(N)n1C. The van der Waals surface area contributed by atoms with E-state index in [-0.39, 0.29) is 0 Å². The van der Waals surface area contributed by atoms with Crippen molar-refractivity contribution in [3.63, 3.8) is 0 Å². The minimum Gasteiger partial charge on any atom is -0.383 e. The van der Waals surface area contributed by atoms with Gasteiger partial charge in [0.2, 0.25) is 0 Å². The molecule has 90 valence electrons. The average Bonchev–Trinajstić information content (AvgIpc) is 2.54. The predicted molar refractivity (Wildman–Crippen MR) is 67.4 cm³/mol. The lowest BCUT2D eigenvalue weighted by Crippen LogP contribution is -2.00. The Labute approximate surface area is 104 Å². The zero-order chi connectivity index (χ0) is 12.6. The maximum atomic E-state index is 13.3. The molecular formula is C12H13ClFN3. The summed E-state index contributed by atoms with van der Waals surface area (Å²) in [5, 5.41) is 0.336. The fourth-order valence-electron chi connectivity index (χ4n) is 1.78. The van der Waals surface area contributed by atoms with Crippen molar-refractivity contribution in [3.05, 3.63) is 34.9 Å². The van der Waals surface area contributed by atoms with Gasteiger partial charge in [-0.25, -0.2) is 9.37 Å². The van der Waals surface area contributed by atoms with Gasteiger partial charge >= 0.3 is 0 Å². The molecule has 2 rings (SSSR count). The largest absolute Gasteiger partial charge is 0.383 e. The average molecular weight is 254 g/mol. The standard InChI is InChI=1S/C12H13ClFN3/c1-3-10-16-11(12(15)17(10)2)7-4-8(13)6-9(14)5-7/h4-6H,3,15H2,1-2H3. The molecule has 0 aliphatic heterocycles. The summed E-state index contributed by atoms with van der Waals surface area (Å²) in [6.45, 7) is 1.99. The van der Waals surface area contributed by atoms with Crippen molar-refractivity contribution in [2.75, 3.05) is 5.73 Å². The summed E-state index contributed by atoms with van der Waals surface area (Å²) in [6.07, 6.45) is 0.768. The Morgan fingerprint density at radius 2 is 2.12 bits per heavy atom. The maximum absolute atomic E-state index is 13.3. The third-order valence-electron chi connectivity index (χ3n) is 2.68. The molecule has 0 spiro atoms. The van der Waals surface area contributed by atoms with Gasteiger partial charge in [0.1, 0.15) is 23.2 Å². The van der Waals surface area contributed by atoms with Gasteiger partial charge in [-0.1, -0.05) is 18.5 Å². The van der Waals surface area contributed by atoms with E-state index < -0.39 is 5.82 Å². The molecule has 0 saturated carbocycles. The number of aryl methyl sites for hydroxylation is 1. The Balaban J connectivity index is 2.60. The zero-order valence-electron chi connectivity index (χ0n) is 9.67.